The summed E-state index contributed by atoms with van der Waals surface area (Å²) in [5.74, 6) is -1.12. The molecule has 3 atom stereocenters. The van der Waals surface area contributed by atoms with E-state index in [2.05, 4.69) is 0 Å². The Kier molecular flexibility index (Phi) is 11.4. The van der Waals surface area contributed by atoms with Gasteiger partial charge in [-0.05, 0) is 48.3 Å². The molecular formula is C18H31BCl2N2O5. The number of phenolic OH excluding ortho intramolecular Hbond substituents is 1. The number of fused-ring (bicyclic) bond motifs is 1. The molecule has 0 aliphatic carbocycles. The molecule has 160 valence electrons. The highest BCUT2D eigenvalue weighted by molar-refractivity contribution is 6.15. The number of carbonyl (C=O) groups is 1. The summed E-state index contributed by atoms with van der Waals surface area (Å²) in [4.78, 5) is 13.8. The van der Waals surface area contributed by atoms with E-state index in [-0.39, 0.29) is 62.1 Å². The van der Waals surface area contributed by atoms with Crippen LogP contribution < -0.4 is 5.73 Å². The number of halogens is 2. The molecule has 0 amide bonds. The Bertz CT molecular complexity index is 640. The molecule has 1 aliphatic rings. The van der Waals surface area contributed by atoms with Crippen molar-refractivity contribution < 1.29 is 25.2 Å². The third-order valence-electron chi connectivity index (χ3n) is 5.63. The van der Waals surface area contributed by atoms with Gasteiger partial charge >= 0.3 is 5.97 Å². The number of hydrogen-bond donors (Lipinski definition) is 5. The first-order valence-corrected chi connectivity index (χ1v) is 9.10. The molecule has 1 aliphatic heterocycles. The zero-order valence-corrected chi connectivity index (χ0v) is 17.7. The van der Waals surface area contributed by atoms with Crippen LogP contribution in [0.25, 0.3) is 0 Å². The fourth-order valence-electron chi connectivity index (χ4n) is 3.68. The van der Waals surface area contributed by atoms with E-state index in [1.165, 1.54) is 0 Å². The third kappa shape index (κ3) is 6.24. The number of aliphatic carboxylic acids is 1. The molecule has 0 spiro atoms. The number of carboxylic acid groups (broad SMARTS) is 1. The van der Waals surface area contributed by atoms with Gasteiger partial charge in [-0.3, -0.25) is 9.69 Å². The van der Waals surface area contributed by atoms with Gasteiger partial charge in [0.05, 0.1) is 6.61 Å². The van der Waals surface area contributed by atoms with E-state index in [4.69, 9.17) is 10.8 Å². The quantitative estimate of drug-likeness (QED) is 0.352. The van der Waals surface area contributed by atoms with Gasteiger partial charge in [-0.25, -0.2) is 0 Å². The summed E-state index contributed by atoms with van der Waals surface area (Å²) in [6, 6.07) is 5.12. The topological polar surface area (TPSA) is 127 Å². The van der Waals surface area contributed by atoms with Crippen LogP contribution in [-0.4, -0.2) is 70.5 Å². The second-order valence-corrected chi connectivity index (χ2v) is 7.33. The Morgan fingerprint density at radius 1 is 1.32 bits per heavy atom. The van der Waals surface area contributed by atoms with Gasteiger partial charge < -0.3 is 26.2 Å². The number of nitrogens with zero attached hydrogens (tertiary/aromatic N) is 1. The lowest BCUT2D eigenvalue weighted by atomic mass is 9.67. The first-order valence-electron chi connectivity index (χ1n) is 9.10. The summed E-state index contributed by atoms with van der Waals surface area (Å²) >= 11 is 0. The lowest BCUT2D eigenvalue weighted by Gasteiger charge is -2.39. The fourth-order valence-corrected chi connectivity index (χ4v) is 3.68. The van der Waals surface area contributed by atoms with Crippen molar-refractivity contribution in [2.75, 3.05) is 19.8 Å². The molecule has 2 rings (SSSR count). The SMILES string of the molecule is BC(CCCO)C(N)(CCN1Cc2cc(O)ccc2C[C@H]1CO)C(=O)O.Cl.Cl. The van der Waals surface area contributed by atoms with Gasteiger partial charge in [0, 0.05) is 25.7 Å². The summed E-state index contributed by atoms with van der Waals surface area (Å²) in [5, 5.41) is 38.1. The van der Waals surface area contributed by atoms with Crippen LogP contribution in [-0.2, 0) is 17.8 Å². The Balaban J connectivity index is 0.00000364. The van der Waals surface area contributed by atoms with Crippen molar-refractivity contribution in [3.8, 4) is 5.75 Å². The minimum absolute atomic E-state index is 0. The van der Waals surface area contributed by atoms with E-state index in [9.17, 15) is 20.1 Å². The lowest BCUT2D eigenvalue weighted by Crippen LogP contribution is -2.55. The first-order chi connectivity index (χ1) is 12.3. The normalized spacial score (nSPS) is 19.5. The van der Waals surface area contributed by atoms with Crippen molar-refractivity contribution in [1.29, 1.82) is 0 Å². The Morgan fingerprint density at radius 2 is 2.00 bits per heavy atom. The van der Waals surface area contributed by atoms with Gasteiger partial charge in [-0.15, -0.1) is 24.8 Å². The number of aliphatic hydroxyl groups is 2. The Labute approximate surface area is 179 Å². The highest BCUT2D eigenvalue weighted by Crippen LogP contribution is 2.30. The minimum atomic E-state index is -1.38. The van der Waals surface area contributed by atoms with Gasteiger partial charge in [0.25, 0.3) is 0 Å². The molecule has 10 heteroatoms. The van der Waals surface area contributed by atoms with Gasteiger partial charge in [-0.1, -0.05) is 12.5 Å². The van der Waals surface area contributed by atoms with Gasteiger partial charge in [0.15, 0.2) is 0 Å². The smallest absolute Gasteiger partial charge is 0.323 e. The predicted octanol–water partition coefficient (Wildman–Crippen LogP) is 0.321. The zero-order chi connectivity index (χ0) is 19.3. The molecule has 2 unspecified atom stereocenters. The minimum Gasteiger partial charge on any atom is -0.508 e. The molecule has 0 fully saturated rings. The largest absolute Gasteiger partial charge is 0.508 e. The fraction of sp³-hybridized carbons (Fsp3) is 0.611. The number of hydrogen-bond acceptors (Lipinski definition) is 6. The molecule has 0 bridgehead atoms. The van der Waals surface area contributed by atoms with Crippen LogP contribution >= 0.6 is 24.8 Å². The molecule has 0 saturated carbocycles. The average molecular weight is 437 g/mol. The summed E-state index contributed by atoms with van der Waals surface area (Å²) in [5.41, 5.74) is 6.93. The van der Waals surface area contributed by atoms with E-state index in [0.29, 0.717) is 32.4 Å². The number of aliphatic hydroxyl groups excluding tert-OH is 2. The summed E-state index contributed by atoms with van der Waals surface area (Å²) < 4.78 is 0. The van der Waals surface area contributed by atoms with Crippen molar-refractivity contribution in [1.82, 2.24) is 4.90 Å². The molecule has 6 N–H and O–H groups in total. The first kappa shape index (κ1) is 27.0. The molecule has 7 nitrogen and oxygen atoms in total. The van der Waals surface area contributed by atoms with Crippen molar-refractivity contribution >= 4 is 38.6 Å². The molecule has 1 aromatic rings. The van der Waals surface area contributed by atoms with E-state index >= 15 is 0 Å². The summed E-state index contributed by atoms with van der Waals surface area (Å²) in [7, 11) is 1.80. The highest BCUT2D eigenvalue weighted by atomic mass is 35.5. The molecule has 0 saturated heterocycles. The standard InChI is InChI=1S/C18H29BN2O5.2ClH/c19-16(2-1-7-22)18(20,17(25)26)5-6-21-10-13-9-15(24)4-3-12(13)8-14(21)11-23;;/h3-4,9,14,16,22-24H,1-2,5-8,10-11,19-20H2,(H,25,26);2*1H/t14-,16?,18?;;/m0../s1. The van der Waals surface area contributed by atoms with Crippen molar-refractivity contribution in [3.05, 3.63) is 29.3 Å². The van der Waals surface area contributed by atoms with Crippen LogP contribution in [0.15, 0.2) is 18.2 Å². The number of benzene rings is 1. The Morgan fingerprint density at radius 3 is 2.57 bits per heavy atom. The molecule has 1 heterocycles. The number of carboxylic acids is 1. The zero-order valence-electron chi connectivity index (χ0n) is 16.1. The van der Waals surface area contributed by atoms with E-state index < -0.39 is 11.5 Å². The second kappa shape index (κ2) is 11.9. The average Bonchev–Trinajstić information content (AvgIpc) is 2.62. The van der Waals surface area contributed by atoms with E-state index in [0.717, 1.165) is 11.1 Å². The van der Waals surface area contributed by atoms with Crippen LogP contribution in [0.3, 0.4) is 0 Å². The van der Waals surface area contributed by atoms with Crippen LogP contribution in [0, 0.1) is 0 Å². The molecule has 0 aromatic heterocycles. The highest BCUT2D eigenvalue weighted by Gasteiger charge is 2.40. The lowest BCUT2D eigenvalue weighted by molar-refractivity contribution is -0.144. The number of aromatic hydroxyl groups is 1. The maximum absolute atomic E-state index is 11.8. The maximum atomic E-state index is 11.8. The second-order valence-electron chi connectivity index (χ2n) is 7.33. The van der Waals surface area contributed by atoms with Gasteiger partial charge in [0.1, 0.15) is 19.1 Å². The summed E-state index contributed by atoms with van der Waals surface area (Å²) in [6.07, 6.45) is 1.96. The van der Waals surface area contributed by atoms with Crippen LogP contribution in [0.4, 0.5) is 0 Å². The molecule has 28 heavy (non-hydrogen) atoms. The number of nitrogens with two attached hydrogens (primary N) is 1. The number of phenols is 1. The molecular weight excluding hydrogens is 406 g/mol. The predicted molar refractivity (Wildman–Crippen MR) is 115 cm³/mol. The van der Waals surface area contributed by atoms with Crippen molar-refractivity contribution in [2.45, 2.75) is 49.6 Å². The third-order valence-corrected chi connectivity index (χ3v) is 5.63. The number of rotatable bonds is 9. The van der Waals surface area contributed by atoms with Gasteiger partial charge in [0.2, 0.25) is 0 Å². The van der Waals surface area contributed by atoms with Crippen LogP contribution in [0.2, 0.25) is 5.82 Å². The Hall–Kier alpha value is -1.03. The van der Waals surface area contributed by atoms with E-state index in [1.807, 2.05) is 11.0 Å². The van der Waals surface area contributed by atoms with Crippen LogP contribution in [0.1, 0.15) is 30.4 Å². The monoisotopic (exact) mass is 436 g/mol. The van der Waals surface area contributed by atoms with E-state index in [1.54, 1.807) is 20.0 Å². The van der Waals surface area contributed by atoms with Crippen molar-refractivity contribution in [3.63, 3.8) is 0 Å². The molecule has 1 aromatic carbocycles. The molecule has 0 radical (unpaired) electrons. The van der Waals surface area contributed by atoms with Gasteiger partial charge in [-0.2, -0.15) is 0 Å². The van der Waals surface area contributed by atoms with Crippen molar-refractivity contribution in [2.24, 2.45) is 5.73 Å². The maximum Gasteiger partial charge on any atom is 0.323 e. The summed E-state index contributed by atoms with van der Waals surface area (Å²) in [6.45, 7) is 0.965. The van der Waals surface area contributed by atoms with Crippen LogP contribution in [0.5, 0.6) is 5.75 Å².